The zero-order chi connectivity index (χ0) is 45.7. The zero-order valence-corrected chi connectivity index (χ0v) is 38.6. The molecule has 0 bridgehead atoms. The summed E-state index contributed by atoms with van der Waals surface area (Å²) in [5, 5.41) is 0. The van der Waals surface area contributed by atoms with Crippen molar-refractivity contribution >= 4 is 19.8 Å². The highest BCUT2D eigenvalue weighted by Crippen LogP contribution is 2.38. The number of carbonyl (C=O) groups excluding carboxylic acids is 2. The minimum atomic E-state index is -4.76. The Kier molecular flexibility index (Phi) is 43.5. The number of hydrogen-bond donors (Lipinski definition) is 0. The predicted molar refractivity (Wildman–Crippen MR) is 217 cm³/mol. The minimum absolute atomic E-state index is 0.0644. The molecule has 0 aliphatic heterocycles. The molecule has 0 aromatic rings. The van der Waals surface area contributed by atoms with E-state index in [1.165, 1.54) is 0 Å². The fraction of sp³-hybridized carbons (Fsp3) is 0.947. The number of phosphoric ester groups is 1. The number of carbonyl (C=O) groups is 2. The van der Waals surface area contributed by atoms with E-state index in [0.29, 0.717) is 143 Å². The number of hydrogen-bond acceptors (Lipinski definition) is 22. The molecule has 0 radical (unpaired) electrons. The number of nitrogens with zero attached hydrogens (tertiary/aromatic N) is 1. The van der Waals surface area contributed by atoms with Crippen LogP contribution in [-0.2, 0) is 99.0 Å². The lowest BCUT2D eigenvalue weighted by Gasteiger charge is -2.28. The Bertz CT molecular complexity index is 1040. The minimum Gasteiger partial charge on any atom is -0.756 e. The van der Waals surface area contributed by atoms with Crippen molar-refractivity contribution in [2.24, 2.45) is 0 Å². The first-order chi connectivity index (χ1) is 30.0. The molecule has 0 aliphatic carbocycles. The van der Waals surface area contributed by atoms with Gasteiger partial charge in [-0.3, -0.25) is 4.57 Å². The van der Waals surface area contributed by atoms with Gasteiger partial charge in [0.25, 0.3) is 7.82 Å². The smallest absolute Gasteiger partial charge is 0.332 e. The summed E-state index contributed by atoms with van der Waals surface area (Å²) in [6, 6.07) is 0. The van der Waals surface area contributed by atoms with Crippen molar-refractivity contribution in [3.8, 4) is 0 Å². The molecule has 0 aromatic heterocycles. The molecule has 0 fully saturated rings. The van der Waals surface area contributed by atoms with Crippen LogP contribution in [0.25, 0.3) is 0 Å². The second-order valence-electron chi connectivity index (χ2n) is 13.6. The van der Waals surface area contributed by atoms with Gasteiger partial charge in [-0.15, -0.1) is 0 Å². The summed E-state index contributed by atoms with van der Waals surface area (Å²) in [4.78, 5) is 37.1. The van der Waals surface area contributed by atoms with Crippen molar-refractivity contribution in [1.29, 1.82) is 0 Å². The highest BCUT2D eigenvalue weighted by Gasteiger charge is 2.22. The van der Waals surface area contributed by atoms with Gasteiger partial charge in [0.1, 0.15) is 33.0 Å². The molecule has 0 saturated heterocycles. The van der Waals surface area contributed by atoms with Crippen molar-refractivity contribution in [3.63, 3.8) is 0 Å². The van der Waals surface area contributed by atoms with Crippen LogP contribution in [-0.4, -0.2) is 256 Å². The summed E-state index contributed by atoms with van der Waals surface area (Å²) < 4.78 is 107. The van der Waals surface area contributed by atoms with Crippen LogP contribution < -0.4 is 4.89 Å². The molecule has 0 aliphatic rings. The summed E-state index contributed by atoms with van der Waals surface area (Å²) in [6.45, 7) is 7.51. The molecule has 2 unspecified atom stereocenters. The lowest BCUT2D eigenvalue weighted by molar-refractivity contribution is -0.870. The van der Waals surface area contributed by atoms with E-state index in [-0.39, 0.29) is 33.0 Å². The number of quaternary nitrogens is 1. The van der Waals surface area contributed by atoms with Gasteiger partial charge in [0.05, 0.1) is 186 Å². The Morgan fingerprint density at radius 3 is 1.06 bits per heavy atom. The molecular weight excluding hydrogens is 853 g/mol. The quantitative estimate of drug-likeness (QED) is 0.0312. The van der Waals surface area contributed by atoms with E-state index in [0.717, 1.165) is 0 Å². The van der Waals surface area contributed by atoms with Gasteiger partial charge in [-0.25, -0.2) is 9.59 Å². The third kappa shape index (κ3) is 47.9. The Labute approximate surface area is 367 Å². The maximum Gasteiger partial charge on any atom is 0.332 e. The molecule has 0 spiro atoms. The van der Waals surface area contributed by atoms with Crippen LogP contribution in [0.15, 0.2) is 0 Å². The molecular formula is C38H76NO22P. The maximum atomic E-state index is 12.5. The van der Waals surface area contributed by atoms with Crippen molar-refractivity contribution in [2.75, 3.05) is 234 Å². The highest BCUT2D eigenvalue weighted by atomic mass is 31.2. The van der Waals surface area contributed by atoms with E-state index in [1.54, 1.807) is 14.2 Å². The van der Waals surface area contributed by atoms with Gasteiger partial charge in [-0.05, 0) is 0 Å². The third-order valence-electron chi connectivity index (χ3n) is 7.18. The Morgan fingerprint density at radius 2 is 0.742 bits per heavy atom. The number of ether oxygens (including phenoxy) is 16. The van der Waals surface area contributed by atoms with Crippen LogP contribution >= 0.6 is 7.82 Å². The van der Waals surface area contributed by atoms with Crippen molar-refractivity contribution in [1.82, 2.24) is 0 Å². The van der Waals surface area contributed by atoms with Gasteiger partial charge in [0.15, 0.2) is 6.10 Å². The Balaban J connectivity index is 4.17. The van der Waals surface area contributed by atoms with Gasteiger partial charge >= 0.3 is 11.9 Å². The predicted octanol–water partition coefficient (Wildman–Crippen LogP) is -0.859. The lowest BCUT2D eigenvalue weighted by atomic mass is 10.4. The summed E-state index contributed by atoms with van der Waals surface area (Å²) in [7, 11) is 4.07. The topological polar surface area (TPSA) is 240 Å². The van der Waals surface area contributed by atoms with Gasteiger partial charge in [0, 0.05) is 14.2 Å². The molecule has 23 nitrogen and oxygen atoms in total. The standard InChI is InChI=1S/C38H76NO22P/c1-39(2,3)6-7-59-62(42,43)60-33-36(61-38(41)35-57-31-29-55-27-25-53-23-21-51-19-17-49-15-13-47-11-9-45-5)32-58-37(40)34-56-30-28-54-26-24-52-22-20-50-18-16-48-14-12-46-10-8-44-4/h36H,6-35H2,1-5H3. The average molecular weight is 930 g/mol. The molecule has 2 atom stereocenters. The second-order valence-corrected chi connectivity index (χ2v) is 15.0. The van der Waals surface area contributed by atoms with Crippen LogP contribution in [0.3, 0.4) is 0 Å². The van der Waals surface area contributed by atoms with Crippen molar-refractivity contribution < 1.29 is 108 Å². The van der Waals surface area contributed by atoms with E-state index in [9.17, 15) is 19.0 Å². The third-order valence-corrected chi connectivity index (χ3v) is 8.15. The number of likely N-dealkylation sites (N-methyl/N-ethyl adjacent to an activating group) is 1. The molecule has 0 heterocycles. The zero-order valence-electron chi connectivity index (χ0n) is 37.7. The number of methoxy groups -OCH3 is 2. The van der Waals surface area contributed by atoms with Crippen molar-refractivity contribution in [2.45, 2.75) is 6.10 Å². The number of esters is 2. The monoisotopic (exact) mass is 929 g/mol. The van der Waals surface area contributed by atoms with E-state index in [4.69, 9.17) is 84.8 Å². The van der Waals surface area contributed by atoms with E-state index in [2.05, 4.69) is 0 Å². The normalized spacial score (nSPS) is 13.3. The van der Waals surface area contributed by atoms with Crippen molar-refractivity contribution in [3.05, 3.63) is 0 Å². The molecule has 0 amide bonds. The van der Waals surface area contributed by atoms with Gasteiger partial charge in [-0.2, -0.15) is 0 Å². The summed E-state index contributed by atoms with van der Waals surface area (Å²) in [6.07, 6.45) is -1.30. The second kappa shape index (κ2) is 44.6. The fourth-order valence-corrected chi connectivity index (χ4v) is 4.73. The van der Waals surface area contributed by atoms with Crippen LogP contribution in [0.5, 0.6) is 0 Å². The van der Waals surface area contributed by atoms with Crippen LogP contribution in [0.2, 0.25) is 0 Å². The molecule has 62 heavy (non-hydrogen) atoms. The molecule has 370 valence electrons. The first-order valence-electron chi connectivity index (χ1n) is 20.7. The van der Waals surface area contributed by atoms with E-state index < -0.39 is 52.3 Å². The summed E-state index contributed by atoms with van der Waals surface area (Å²) in [5.41, 5.74) is 0. The molecule has 24 heteroatoms. The first-order valence-corrected chi connectivity index (χ1v) is 22.1. The summed E-state index contributed by atoms with van der Waals surface area (Å²) in [5.74, 6) is -1.64. The molecule has 0 rings (SSSR count). The molecule has 0 saturated carbocycles. The van der Waals surface area contributed by atoms with Crippen LogP contribution in [0.1, 0.15) is 0 Å². The Hall–Kier alpha value is -1.55. The fourth-order valence-electron chi connectivity index (χ4n) is 4.00. The van der Waals surface area contributed by atoms with Gasteiger partial charge < -0.3 is 94.2 Å². The maximum absolute atomic E-state index is 12.5. The average Bonchev–Trinajstić information content (AvgIpc) is 3.23. The van der Waals surface area contributed by atoms with Gasteiger partial charge in [0.2, 0.25) is 0 Å². The van der Waals surface area contributed by atoms with Gasteiger partial charge in [-0.1, -0.05) is 0 Å². The lowest BCUT2D eigenvalue weighted by Crippen LogP contribution is -2.37. The number of rotatable bonds is 50. The van der Waals surface area contributed by atoms with Crippen LogP contribution in [0.4, 0.5) is 0 Å². The van der Waals surface area contributed by atoms with E-state index in [1.807, 2.05) is 21.1 Å². The first kappa shape index (κ1) is 60.5. The molecule has 0 aromatic carbocycles. The summed E-state index contributed by atoms with van der Waals surface area (Å²) >= 11 is 0. The Morgan fingerprint density at radius 1 is 0.435 bits per heavy atom. The SMILES string of the molecule is COCCOCCOCCOCCOCCOCCOCC(=O)OCC(COP(=O)([O-])OCC[N+](C)(C)C)OC(=O)COCCOCCOCCOCCOCCOCCOC. The number of phosphoric acid groups is 1. The van der Waals surface area contributed by atoms with Crippen LogP contribution in [0, 0.1) is 0 Å². The molecule has 0 N–H and O–H groups in total. The largest absolute Gasteiger partial charge is 0.756 e. The highest BCUT2D eigenvalue weighted by molar-refractivity contribution is 7.45. The van der Waals surface area contributed by atoms with E-state index >= 15 is 0 Å².